The van der Waals surface area contributed by atoms with Crippen LogP contribution in [0, 0.1) is 0 Å². The second-order valence-corrected chi connectivity index (χ2v) is 3.24. The highest BCUT2D eigenvalue weighted by Crippen LogP contribution is 2.15. The quantitative estimate of drug-likeness (QED) is 0.766. The molecule has 0 saturated heterocycles. The van der Waals surface area contributed by atoms with E-state index in [0.29, 0.717) is 11.3 Å². The first-order valence-corrected chi connectivity index (χ1v) is 4.98. The van der Waals surface area contributed by atoms with Crippen LogP contribution in [0.4, 0.5) is 10.5 Å². The van der Waals surface area contributed by atoms with Gasteiger partial charge in [-0.2, -0.15) is 0 Å². The van der Waals surface area contributed by atoms with Crippen molar-refractivity contribution < 1.29 is 19.4 Å². The summed E-state index contributed by atoms with van der Waals surface area (Å²) in [5, 5.41) is 11.2. The number of ether oxygens (including phenoxy) is 1. The number of carboxylic acids is 1. The molecule has 0 heterocycles. The van der Waals surface area contributed by atoms with Gasteiger partial charge in [0.05, 0.1) is 6.42 Å². The fourth-order valence-electron chi connectivity index (χ4n) is 1.24. The number of rotatable bonds is 5. The zero-order chi connectivity index (χ0) is 12.7. The zero-order valence-electron chi connectivity index (χ0n) is 9.18. The Morgan fingerprint density at radius 1 is 1.41 bits per heavy atom. The molecule has 17 heavy (non-hydrogen) atoms. The highest BCUT2D eigenvalue weighted by atomic mass is 16.5. The molecule has 0 spiro atoms. The van der Waals surface area contributed by atoms with Crippen LogP contribution < -0.4 is 5.32 Å². The Morgan fingerprint density at radius 2 is 2.12 bits per heavy atom. The average Bonchev–Trinajstić information content (AvgIpc) is 2.28. The molecule has 2 N–H and O–H groups in total. The molecule has 1 rings (SSSR count). The van der Waals surface area contributed by atoms with Gasteiger partial charge < -0.3 is 9.84 Å². The summed E-state index contributed by atoms with van der Waals surface area (Å²) < 4.78 is 4.74. The van der Waals surface area contributed by atoms with Crippen molar-refractivity contribution in [3.05, 3.63) is 42.5 Å². The molecule has 0 bridgehead atoms. The Balaban J connectivity index is 2.72. The van der Waals surface area contributed by atoms with Crippen LogP contribution in [-0.2, 0) is 16.0 Å². The Labute approximate surface area is 98.7 Å². The number of hydrogen-bond donors (Lipinski definition) is 2. The van der Waals surface area contributed by atoms with Crippen molar-refractivity contribution >= 4 is 17.7 Å². The molecule has 1 aromatic carbocycles. The third-order valence-electron chi connectivity index (χ3n) is 1.93. The Hall–Kier alpha value is -2.30. The third-order valence-corrected chi connectivity index (χ3v) is 1.93. The van der Waals surface area contributed by atoms with E-state index in [-0.39, 0.29) is 13.0 Å². The number of benzene rings is 1. The van der Waals surface area contributed by atoms with Gasteiger partial charge in [0.1, 0.15) is 6.61 Å². The molecular weight excluding hydrogens is 222 g/mol. The summed E-state index contributed by atoms with van der Waals surface area (Å²) in [4.78, 5) is 21.9. The first-order valence-electron chi connectivity index (χ1n) is 4.98. The normalized spacial score (nSPS) is 9.41. The van der Waals surface area contributed by atoms with Gasteiger partial charge in [-0.1, -0.05) is 30.9 Å². The maximum atomic E-state index is 11.3. The number of amides is 1. The molecule has 0 aliphatic carbocycles. The number of carbonyl (C=O) groups is 2. The van der Waals surface area contributed by atoms with E-state index >= 15 is 0 Å². The highest BCUT2D eigenvalue weighted by molar-refractivity contribution is 5.87. The molecule has 0 radical (unpaired) electrons. The van der Waals surface area contributed by atoms with Gasteiger partial charge in [0, 0.05) is 5.69 Å². The van der Waals surface area contributed by atoms with Crippen molar-refractivity contribution in [3.8, 4) is 0 Å². The minimum atomic E-state index is -0.960. The van der Waals surface area contributed by atoms with E-state index in [1.54, 1.807) is 24.3 Å². The highest BCUT2D eigenvalue weighted by Gasteiger charge is 2.09. The van der Waals surface area contributed by atoms with Crippen LogP contribution in [0.2, 0.25) is 0 Å². The van der Waals surface area contributed by atoms with Gasteiger partial charge in [0.25, 0.3) is 0 Å². The second-order valence-electron chi connectivity index (χ2n) is 3.24. The number of hydrogen-bond acceptors (Lipinski definition) is 3. The molecule has 1 aromatic rings. The van der Waals surface area contributed by atoms with Crippen molar-refractivity contribution in [2.24, 2.45) is 0 Å². The van der Waals surface area contributed by atoms with E-state index in [2.05, 4.69) is 11.9 Å². The van der Waals surface area contributed by atoms with Crippen molar-refractivity contribution in [2.45, 2.75) is 6.42 Å². The number of para-hydroxylation sites is 1. The molecule has 5 heteroatoms. The monoisotopic (exact) mass is 235 g/mol. The number of anilines is 1. The molecule has 0 aliphatic heterocycles. The first kappa shape index (κ1) is 12.8. The standard InChI is InChI=1S/C12H13NO4/c1-2-7-17-12(16)13-10-6-4-3-5-9(10)8-11(14)15/h2-6H,1,7-8H2,(H,13,16)(H,14,15). The molecule has 90 valence electrons. The van der Waals surface area contributed by atoms with Crippen molar-refractivity contribution in [2.75, 3.05) is 11.9 Å². The zero-order valence-corrected chi connectivity index (χ0v) is 9.18. The average molecular weight is 235 g/mol. The van der Waals surface area contributed by atoms with Gasteiger partial charge in [-0.15, -0.1) is 0 Å². The fourth-order valence-corrected chi connectivity index (χ4v) is 1.24. The Bertz CT molecular complexity index is 428. The maximum absolute atomic E-state index is 11.3. The number of carboxylic acid groups (broad SMARTS) is 1. The van der Waals surface area contributed by atoms with Gasteiger partial charge in [0.15, 0.2) is 0 Å². The molecule has 5 nitrogen and oxygen atoms in total. The van der Waals surface area contributed by atoms with Crippen molar-refractivity contribution in [1.82, 2.24) is 0 Å². The molecule has 0 fully saturated rings. The summed E-state index contributed by atoms with van der Waals surface area (Å²) in [7, 11) is 0. The van der Waals surface area contributed by atoms with Gasteiger partial charge in [-0.3, -0.25) is 10.1 Å². The van der Waals surface area contributed by atoms with Crippen LogP contribution in [0.3, 0.4) is 0 Å². The maximum Gasteiger partial charge on any atom is 0.411 e. The second kappa shape index (κ2) is 6.32. The lowest BCUT2D eigenvalue weighted by molar-refractivity contribution is -0.136. The van der Waals surface area contributed by atoms with Gasteiger partial charge >= 0.3 is 12.1 Å². The summed E-state index contributed by atoms with van der Waals surface area (Å²) in [5.74, 6) is -0.960. The lowest BCUT2D eigenvalue weighted by atomic mass is 10.1. The van der Waals surface area contributed by atoms with Crippen LogP contribution in [0.1, 0.15) is 5.56 Å². The van der Waals surface area contributed by atoms with Crippen molar-refractivity contribution in [1.29, 1.82) is 0 Å². The van der Waals surface area contributed by atoms with E-state index < -0.39 is 12.1 Å². The Kier molecular flexibility index (Phi) is 4.75. The largest absolute Gasteiger partial charge is 0.481 e. The van der Waals surface area contributed by atoms with E-state index in [4.69, 9.17) is 9.84 Å². The fraction of sp³-hybridized carbons (Fsp3) is 0.167. The topological polar surface area (TPSA) is 75.6 Å². The molecule has 0 saturated carbocycles. The predicted octanol–water partition coefficient (Wildman–Crippen LogP) is 2.05. The van der Waals surface area contributed by atoms with Crippen LogP contribution >= 0.6 is 0 Å². The number of nitrogens with one attached hydrogen (secondary N) is 1. The van der Waals surface area contributed by atoms with Crippen molar-refractivity contribution in [3.63, 3.8) is 0 Å². The van der Waals surface area contributed by atoms with Gasteiger partial charge in [-0.25, -0.2) is 4.79 Å². The number of carbonyl (C=O) groups excluding carboxylic acids is 1. The van der Waals surface area contributed by atoms with E-state index in [1.807, 2.05) is 0 Å². The minimum Gasteiger partial charge on any atom is -0.481 e. The smallest absolute Gasteiger partial charge is 0.411 e. The van der Waals surface area contributed by atoms with E-state index in [9.17, 15) is 9.59 Å². The predicted molar refractivity (Wildman–Crippen MR) is 62.9 cm³/mol. The summed E-state index contributed by atoms with van der Waals surface area (Å²) in [6, 6.07) is 6.66. The molecule has 1 amide bonds. The Morgan fingerprint density at radius 3 is 2.76 bits per heavy atom. The van der Waals surface area contributed by atoms with Gasteiger partial charge in [-0.05, 0) is 11.6 Å². The van der Waals surface area contributed by atoms with E-state index in [1.165, 1.54) is 6.08 Å². The van der Waals surface area contributed by atoms with Crippen LogP contribution in [-0.4, -0.2) is 23.8 Å². The molecular formula is C12H13NO4. The summed E-state index contributed by atoms with van der Waals surface area (Å²) >= 11 is 0. The van der Waals surface area contributed by atoms with Crippen LogP contribution in [0.5, 0.6) is 0 Å². The van der Waals surface area contributed by atoms with Crippen LogP contribution in [0.25, 0.3) is 0 Å². The minimum absolute atomic E-state index is 0.104. The number of aliphatic carboxylic acids is 1. The van der Waals surface area contributed by atoms with E-state index in [0.717, 1.165) is 0 Å². The third kappa shape index (κ3) is 4.38. The van der Waals surface area contributed by atoms with Gasteiger partial charge in [0.2, 0.25) is 0 Å². The first-order chi connectivity index (χ1) is 8.13. The molecule has 0 atom stereocenters. The molecule has 0 aliphatic rings. The summed E-state index contributed by atoms with van der Waals surface area (Å²) in [6.07, 6.45) is 0.656. The summed E-state index contributed by atoms with van der Waals surface area (Å²) in [5.41, 5.74) is 0.958. The lowest BCUT2D eigenvalue weighted by Gasteiger charge is -2.09. The molecule has 0 aromatic heterocycles. The van der Waals surface area contributed by atoms with Crippen LogP contribution in [0.15, 0.2) is 36.9 Å². The summed E-state index contributed by atoms with van der Waals surface area (Å²) in [6.45, 7) is 3.52. The molecule has 0 unspecified atom stereocenters. The lowest BCUT2D eigenvalue weighted by Crippen LogP contribution is -2.15. The SMILES string of the molecule is C=CCOC(=O)Nc1ccccc1CC(=O)O.